The fourth-order valence-corrected chi connectivity index (χ4v) is 0.332. The van der Waals surface area contributed by atoms with Gasteiger partial charge in [0.25, 0.3) is 0 Å². The highest BCUT2D eigenvalue weighted by Gasteiger charge is 1.90. The molecule has 0 amide bonds. The summed E-state index contributed by atoms with van der Waals surface area (Å²) in [5.41, 5.74) is 0. The zero-order valence-electron chi connectivity index (χ0n) is 5.18. The van der Waals surface area contributed by atoms with Gasteiger partial charge in [-0.1, -0.05) is 6.92 Å². The van der Waals surface area contributed by atoms with Crippen molar-refractivity contribution < 1.29 is 9.90 Å². The molecule has 0 saturated heterocycles. The van der Waals surface area contributed by atoms with Crippen molar-refractivity contribution in [1.29, 1.82) is 0 Å². The molecule has 0 aromatic rings. The van der Waals surface area contributed by atoms with Crippen LogP contribution in [0.5, 0.6) is 0 Å². The van der Waals surface area contributed by atoms with Crippen LogP contribution in [0.3, 0.4) is 0 Å². The highest BCUT2D eigenvalue weighted by atomic mass is 16.4. The minimum Gasteiger partial charge on any atom is -0.549 e. The van der Waals surface area contributed by atoms with Crippen LogP contribution in [-0.2, 0) is 4.79 Å². The molecule has 0 saturated carbocycles. The van der Waals surface area contributed by atoms with Gasteiger partial charge in [0.05, 0.1) is 5.97 Å². The normalized spacial score (nSPS) is 9.88. The zero-order chi connectivity index (χ0) is 6.57. The third-order valence-electron chi connectivity index (χ3n) is 0.939. The van der Waals surface area contributed by atoms with E-state index in [1.807, 2.05) is 6.92 Å². The Morgan fingerprint density at radius 3 is 2.38 bits per heavy atom. The number of hydrogen-bond donors (Lipinski definition) is 0. The van der Waals surface area contributed by atoms with Crippen LogP contribution in [-0.4, -0.2) is 31.0 Å². The molecule has 0 aliphatic rings. The van der Waals surface area contributed by atoms with Crippen LogP contribution in [0.4, 0.5) is 0 Å². The summed E-state index contributed by atoms with van der Waals surface area (Å²) in [6.45, 7) is 2.66. The van der Waals surface area contributed by atoms with Gasteiger partial charge in [-0.25, -0.2) is 0 Å². The molecular weight excluding hydrogens is 106 g/mol. The second-order valence-corrected chi connectivity index (χ2v) is 1.70. The molecule has 0 radical (unpaired) electrons. The van der Waals surface area contributed by atoms with Gasteiger partial charge in [-0.3, -0.25) is 0 Å². The molecule has 0 fully saturated rings. The SMILES string of the molecule is CCN(C)CC(=O)[O-]. The Bertz CT molecular complexity index is 82.5. The lowest BCUT2D eigenvalue weighted by Crippen LogP contribution is -2.35. The van der Waals surface area contributed by atoms with Gasteiger partial charge >= 0.3 is 0 Å². The van der Waals surface area contributed by atoms with Gasteiger partial charge in [-0.15, -0.1) is 0 Å². The molecule has 0 bridgehead atoms. The van der Waals surface area contributed by atoms with E-state index in [1.54, 1.807) is 11.9 Å². The molecule has 0 heterocycles. The minimum atomic E-state index is -1.02. The first-order valence-electron chi connectivity index (χ1n) is 2.55. The van der Waals surface area contributed by atoms with Crippen molar-refractivity contribution in [2.24, 2.45) is 0 Å². The predicted molar refractivity (Wildman–Crippen MR) is 28.2 cm³/mol. The Labute approximate surface area is 48.9 Å². The fourth-order valence-electron chi connectivity index (χ4n) is 0.332. The van der Waals surface area contributed by atoms with Gasteiger partial charge in [0, 0.05) is 6.54 Å². The minimum absolute atomic E-state index is 0.0243. The van der Waals surface area contributed by atoms with Crippen LogP contribution >= 0.6 is 0 Å². The third kappa shape index (κ3) is 3.61. The highest BCUT2D eigenvalue weighted by Crippen LogP contribution is 1.75. The van der Waals surface area contributed by atoms with Crippen molar-refractivity contribution in [3.8, 4) is 0 Å². The maximum atomic E-state index is 9.82. The van der Waals surface area contributed by atoms with Crippen LogP contribution in [0, 0.1) is 0 Å². The van der Waals surface area contributed by atoms with E-state index < -0.39 is 5.97 Å². The molecular formula is C5H10NO2-. The maximum absolute atomic E-state index is 9.82. The molecule has 0 aliphatic heterocycles. The summed E-state index contributed by atoms with van der Waals surface area (Å²) >= 11 is 0. The number of carbonyl (C=O) groups excluding carboxylic acids is 1. The van der Waals surface area contributed by atoms with Gasteiger partial charge in [0.2, 0.25) is 0 Å². The Morgan fingerprint density at radius 2 is 2.25 bits per heavy atom. The molecule has 3 nitrogen and oxygen atoms in total. The molecule has 0 rings (SSSR count). The van der Waals surface area contributed by atoms with Crippen molar-refractivity contribution >= 4 is 5.97 Å². The quantitative estimate of drug-likeness (QED) is 0.459. The van der Waals surface area contributed by atoms with Crippen LogP contribution < -0.4 is 5.11 Å². The molecule has 0 atom stereocenters. The first-order valence-corrected chi connectivity index (χ1v) is 2.55. The average molecular weight is 116 g/mol. The van der Waals surface area contributed by atoms with Gasteiger partial charge < -0.3 is 14.8 Å². The monoisotopic (exact) mass is 116 g/mol. The topological polar surface area (TPSA) is 43.4 Å². The van der Waals surface area contributed by atoms with Crippen LogP contribution in [0.2, 0.25) is 0 Å². The Morgan fingerprint density at radius 1 is 1.75 bits per heavy atom. The van der Waals surface area contributed by atoms with E-state index in [0.717, 1.165) is 6.54 Å². The number of rotatable bonds is 3. The number of nitrogens with zero attached hydrogens (tertiary/aromatic N) is 1. The second-order valence-electron chi connectivity index (χ2n) is 1.70. The molecule has 0 aromatic carbocycles. The van der Waals surface area contributed by atoms with Gasteiger partial charge in [0.15, 0.2) is 0 Å². The molecule has 48 valence electrons. The Hall–Kier alpha value is -0.570. The van der Waals surface area contributed by atoms with Crippen molar-refractivity contribution in [2.75, 3.05) is 20.1 Å². The second kappa shape index (κ2) is 3.43. The zero-order valence-corrected chi connectivity index (χ0v) is 5.18. The molecule has 3 heteroatoms. The molecule has 0 N–H and O–H groups in total. The summed E-state index contributed by atoms with van der Waals surface area (Å²) in [5.74, 6) is -1.02. The number of aliphatic carboxylic acids is 1. The molecule has 0 unspecified atom stereocenters. The van der Waals surface area contributed by atoms with E-state index in [-0.39, 0.29) is 6.54 Å². The van der Waals surface area contributed by atoms with E-state index in [2.05, 4.69) is 0 Å². The number of carbonyl (C=O) groups is 1. The predicted octanol–water partition coefficient (Wildman–Crippen LogP) is -1.31. The Kier molecular flexibility index (Phi) is 3.19. The summed E-state index contributed by atoms with van der Waals surface area (Å²) in [7, 11) is 1.73. The lowest BCUT2D eigenvalue weighted by molar-refractivity contribution is -0.306. The fraction of sp³-hybridized carbons (Fsp3) is 0.800. The first-order chi connectivity index (χ1) is 3.66. The third-order valence-corrected chi connectivity index (χ3v) is 0.939. The highest BCUT2D eigenvalue weighted by molar-refractivity contribution is 5.66. The van der Waals surface area contributed by atoms with Gasteiger partial charge in [0.1, 0.15) is 0 Å². The molecule has 8 heavy (non-hydrogen) atoms. The Balaban J connectivity index is 3.24. The lowest BCUT2D eigenvalue weighted by Gasteiger charge is -2.12. The van der Waals surface area contributed by atoms with Crippen LogP contribution in [0.25, 0.3) is 0 Å². The number of carboxylic acid groups (broad SMARTS) is 1. The summed E-state index contributed by atoms with van der Waals surface area (Å²) in [6, 6.07) is 0. The van der Waals surface area contributed by atoms with E-state index in [1.165, 1.54) is 0 Å². The number of hydrogen-bond acceptors (Lipinski definition) is 3. The summed E-state index contributed by atoms with van der Waals surface area (Å²) in [4.78, 5) is 11.5. The smallest absolute Gasteiger partial charge is 0.0554 e. The standard InChI is InChI=1S/C5H11NO2/c1-3-6(2)4-5(7)8/h3-4H2,1-2H3,(H,7,8)/p-1. The van der Waals surface area contributed by atoms with E-state index >= 15 is 0 Å². The number of likely N-dealkylation sites (N-methyl/N-ethyl adjacent to an activating group) is 1. The van der Waals surface area contributed by atoms with E-state index in [4.69, 9.17) is 0 Å². The molecule has 0 aliphatic carbocycles. The van der Waals surface area contributed by atoms with Crippen molar-refractivity contribution in [2.45, 2.75) is 6.92 Å². The summed E-state index contributed by atoms with van der Waals surface area (Å²) in [5, 5.41) is 9.82. The first kappa shape index (κ1) is 7.43. The number of carboxylic acids is 1. The maximum Gasteiger partial charge on any atom is 0.0554 e. The van der Waals surface area contributed by atoms with Gasteiger partial charge in [-0.2, -0.15) is 0 Å². The summed E-state index contributed by atoms with van der Waals surface area (Å²) in [6.07, 6.45) is 0. The van der Waals surface area contributed by atoms with E-state index in [0.29, 0.717) is 0 Å². The lowest BCUT2D eigenvalue weighted by atomic mass is 10.5. The van der Waals surface area contributed by atoms with Crippen molar-refractivity contribution in [1.82, 2.24) is 4.90 Å². The van der Waals surface area contributed by atoms with E-state index in [9.17, 15) is 9.90 Å². The van der Waals surface area contributed by atoms with Crippen LogP contribution in [0.15, 0.2) is 0 Å². The van der Waals surface area contributed by atoms with Crippen molar-refractivity contribution in [3.05, 3.63) is 0 Å². The largest absolute Gasteiger partial charge is 0.549 e. The van der Waals surface area contributed by atoms with Crippen LogP contribution in [0.1, 0.15) is 6.92 Å². The average Bonchev–Trinajstić information content (AvgIpc) is 1.65. The molecule has 0 aromatic heterocycles. The molecule has 0 spiro atoms. The van der Waals surface area contributed by atoms with Gasteiger partial charge in [-0.05, 0) is 13.6 Å². The van der Waals surface area contributed by atoms with Crippen molar-refractivity contribution in [3.63, 3.8) is 0 Å². The summed E-state index contributed by atoms with van der Waals surface area (Å²) < 4.78 is 0.